The first-order valence-electron chi connectivity index (χ1n) is 6.82. The number of amides is 1. The third-order valence-corrected chi connectivity index (χ3v) is 3.30. The number of halogens is 1. The van der Waals surface area contributed by atoms with E-state index < -0.39 is 5.82 Å². The molecule has 2 aromatic carbocycles. The highest BCUT2D eigenvalue weighted by molar-refractivity contribution is 5.95. The Hall–Kier alpha value is -2.20. The summed E-state index contributed by atoms with van der Waals surface area (Å²) in [7, 11) is 0. The molecule has 1 amide bonds. The predicted molar refractivity (Wildman–Crippen MR) is 79.4 cm³/mol. The van der Waals surface area contributed by atoms with Crippen molar-refractivity contribution in [1.82, 2.24) is 4.90 Å². The first-order valence-corrected chi connectivity index (χ1v) is 6.82. The summed E-state index contributed by atoms with van der Waals surface area (Å²) in [6.07, 6.45) is 0. The molecular formula is C17H18FNO2. The Morgan fingerprint density at radius 2 is 1.90 bits per heavy atom. The van der Waals surface area contributed by atoms with Gasteiger partial charge in [-0.25, -0.2) is 4.39 Å². The van der Waals surface area contributed by atoms with Gasteiger partial charge in [-0.15, -0.1) is 0 Å². The maximum absolute atomic E-state index is 13.4. The molecule has 0 aliphatic carbocycles. The van der Waals surface area contributed by atoms with Crippen LogP contribution in [0.5, 0.6) is 0 Å². The topological polar surface area (TPSA) is 40.5 Å². The van der Waals surface area contributed by atoms with Gasteiger partial charge in [0.2, 0.25) is 0 Å². The highest BCUT2D eigenvalue weighted by atomic mass is 19.1. The standard InChI is InChI=1S/C17H18FNO2/c1-13-7-8-15(18)11-16(13)17(21)19(9-10-20)12-14-5-3-2-4-6-14/h2-8,11,20H,9-10,12H2,1H3. The normalized spacial score (nSPS) is 10.4. The van der Waals surface area contributed by atoms with E-state index >= 15 is 0 Å². The maximum Gasteiger partial charge on any atom is 0.254 e. The molecule has 0 saturated heterocycles. The summed E-state index contributed by atoms with van der Waals surface area (Å²) in [5, 5.41) is 9.17. The maximum atomic E-state index is 13.4. The Morgan fingerprint density at radius 1 is 1.19 bits per heavy atom. The molecule has 0 aromatic heterocycles. The molecule has 0 spiro atoms. The van der Waals surface area contributed by atoms with Crippen molar-refractivity contribution in [3.05, 3.63) is 71.0 Å². The van der Waals surface area contributed by atoms with Crippen LogP contribution in [-0.2, 0) is 6.54 Å². The SMILES string of the molecule is Cc1ccc(F)cc1C(=O)N(CCO)Cc1ccccc1. The number of nitrogens with zero attached hydrogens (tertiary/aromatic N) is 1. The summed E-state index contributed by atoms with van der Waals surface area (Å²) in [4.78, 5) is 14.1. The smallest absolute Gasteiger partial charge is 0.254 e. The van der Waals surface area contributed by atoms with Gasteiger partial charge in [0.1, 0.15) is 5.82 Å². The fourth-order valence-corrected chi connectivity index (χ4v) is 2.17. The van der Waals surface area contributed by atoms with Gasteiger partial charge in [-0.2, -0.15) is 0 Å². The lowest BCUT2D eigenvalue weighted by Crippen LogP contribution is -2.33. The monoisotopic (exact) mass is 287 g/mol. The van der Waals surface area contributed by atoms with Crippen molar-refractivity contribution in [2.24, 2.45) is 0 Å². The first-order chi connectivity index (χ1) is 10.1. The van der Waals surface area contributed by atoms with Crippen molar-refractivity contribution < 1.29 is 14.3 Å². The van der Waals surface area contributed by atoms with E-state index in [2.05, 4.69) is 0 Å². The quantitative estimate of drug-likeness (QED) is 0.918. The molecule has 21 heavy (non-hydrogen) atoms. The minimum atomic E-state index is -0.437. The van der Waals surface area contributed by atoms with E-state index in [1.54, 1.807) is 13.0 Å². The molecule has 0 aliphatic heterocycles. The summed E-state index contributed by atoms with van der Waals surface area (Å²) in [5.41, 5.74) is 2.02. The second-order valence-electron chi connectivity index (χ2n) is 4.90. The zero-order chi connectivity index (χ0) is 15.2. The molecule has 110 valence electrons. The molecule has 0 fully saturated rings. The van der Waals surface area contributed by atoms with Gasteiger partial charge in [0.05, 0.1) is 6.61 Å². The van der Waals surface area contributed by atoms with Gasteiger partial charge in [-0.1, -0.05) is 36.4 Å². The van der Waals surface area contributed by atoms with Gasteiger partial charge in [0.25, 0.3) is 5.91 Å². The third-order valence-electron chi connectivity index (χ3n) is 3.30. The summed E-state index contributed by atoms with van der Waals surface area (Å²) < 4.78 is 13.4. The number of aliphatic hydroxyl groups is 1. The van der Waals surface area contributed by atoms with Crippen LogP contribution in [0.25, 0.3) is 0 Å². The number of hydrogen-bond acceptors (Lipinski definition) is 2. The number of aliphatic hydroxyl groups excluding tert-OH is 1. The third kappa shape index (κ3) is 3.89. The van der Waals surface area contributed by atoms with Crippen LogP contribution in [0.1, 0.15) is 21.5 Å². The largest absolute Gasteiger partial charge is 0.395 e. The van der Waals surface area contributed by atoms with Crippen LogP contribution in [0.3, 0.4) is 0 Å². The van der Waals surface area contributed by atoms with E-state index in [4.69, 9.17) is 5.11 Å². The van der Waals surface area contributed by atoms with Crippen LogP contribution in [0.4, 0.5) is 4.39 Å². The van der Waals surface area contributed by atoms with Gasteiger partial charge in [0.15, 0.2) is 0 Å². The number of benzene rings is 2. The molecule has 0 atom stereocenters. The van der Waals surface area contributed by atoms with E-state index in [1.165, 1.54) is 17.0 Å². The van der Waals surface area contributed by atoms with Gasteiger partial charge < -0.3 is 10.0 Å². The summed E-state index contributed by atoms with van der Waals surface area (Å²) in [6, 6.07) is 13.7. The van der Waals surface area contributed by atoms with Crippen molar-refractivity contribution in [3.8, 4) is 0 Å². The second kappa shape index (κ2) is 6.99. The molecule has 0 radical (unpaired) electrons. The van der Waals surface area contributed by atoms with Gasteiger partial charge >= 0.3 is 0 Å². The number of aryl methyl sites for hydroxylation is 1. The number of carbonyl (C=O) groups is 1. The van der Waals surface area contributed by atoms with Crippen LogP contribution >= 0.6 is 0 Å². The van der Waals surface area contributed by atoms with Crippen molar-refractivity contribution in [1.29, 1.82) is 0 Å². The highest BCUT2D eigenvalue weighted by Crippen LogP contribution is 2.15. The Balaban J connectivity index is 2.25. The zero-order valence-corrected chi connectivity index (χ0v) is 11.9. The van der Waals surface area contributed by atoms with E-state index in [0.29, 0.717) is 12.1 Å². The Bertz CT molecular complexity index is 613. The van der Waals surface area contributed by atoms with Gasteiger partial charge in [0, 0.05) is 18.7 Å². The van der Waals surface area contributed by atoms with Crippen molar-refractivity contribution in [3.63, 3.8) is 0 Å². The van der Waals surface area contributed by atoms with Crippen LogP contribution in [0, 0.1) is 12.7 Å². The predicted octanol–water partition coefficient (Wildman–Crippen LogP) is 2.77. The van der Waals surface area contributed by atoms with Crippen LogP contribution in [0.2, 0.25) is 0 Å². The fourth-order valence-electron chi connectivity index (χ4n) is 2.17. The van der Waals surface area contributed by atoms with Crippen molar-refractivity contribution in [2.45, 2.75) is 13.5 Å². The molecule has 1 N–H and O–H groups in total. The van der Waals surface area contributed by atoms with Crippen LogP contribution in [0.15, 0.2) is 48.5 Å². The average molecular weight is 287 g/mol. The number of rotatable bonds is 5. The second-order valence-corrected chi connectivity index (χ2v) is 4.90. The molecule has 0 bridgehead atoms. The van der Waals surface area contributed by atoms with Crippen molar-refractivity contribution in [2.75, 3.05) is 13.2 Å². The highest BCUT2D eigenvalue weighted by Gasteiger charge is 2.18. The Morgan fingerprint density at radius 3 is 2.57 bits per heavy atom. The number of carbonyl (C=O) groups excluding carboxylic acids is 1. The zero-order valence-electron chi connectivity index (χ0n) is 11.9. The Labute approximate surface area is 123 Å². The molecular weight excluding hydrogens is 269 g/mol. The minimum Gasteiger partial charge on any atom is -0.395 e. The molecule has 4 heteroatoms. The minimum absolute atomic E-state index is 0.132. The average Bonchev–Trinajstić information content (AvgIpc) is 2.49. The lowest BCUT2D eigenvalue weighted by molar-refractivity contribution is 0.0706. The van der Waals surface area contributed by atoms with E-state index in [9.17, 15) is 9.18 Å². The van der Waals surface area contributed by atoms with Crippen molar-refractivity contribution >= 4 is 5.91 Å². The number of hydrogen-bond donors (Lipinski definition) is 1. The summed E-state index contributed by atoms with van der Waals surface area (Å²) >= 11 is 0. The molecule has 0 unspecified atom stereocenters. The van der Waals surface area contributed by atoms with Crippen LogP contribution in [-0.4, -0.2) is 29.1 Å². The summed E-state index contributed by atoms with van der Waals surface area (Å²) in [6.45, 7) is 2.24. The van der Waals surface area contributed by atoms with E-state index in [1.807, 2.05) is 30.3 Å². The van der Waals surface area contributed by atoms with Gasteiger partial charge in [-0.05, 0) is 30.2 Å². The first kappa shape index (κ1) is 15.2. The lowest BCUT2D eigenvalue weighted by Gasteiger charge is -2.23. The van der Waals surface area contributed by atoms with Gasteiger partial charge in [-0.3, -0.25) is 4.79 Å². The lowest BCUT2D eigenvalue weighted by atomic mass is 10.1. The molecule has 3 nitrogen and oxygen atoms in total. The van der Waals surface area contributed by atoms with E-state index in [0.717, 1.165) is 11.1 Å². The van der Waals surface area contributed by atoms with E-state index in [-0.39, 0.29) is 19.1 Å². The molecule has 2 aromatic rings. The fraction of sp³-hybridized carbons (Fsp3) is 0.235. The summed E-state index contributed by atoms with van der Waals surface area (Å²) in [5.74, 6) is -0.711. The molecule has 0 heterocycles. The Kier molecular flexibility index (Phi) is 5.06. The van der Waals surface area contributed by atoms with Crippen LogP contribution < -0.4 is 0 Å². The molecule has 0 saturated carbocycles. The molecule has 2 rings (SSSR count). The molecule has 0 aliphatic rings.